The van der Waals surface area contributed by atoms with Crippen molar-refractivity contribution in [1.29, 1.82) is 0 Å². The summed E-state index contributed by atoms with van der Waals surface area (Å²) in [6.45, 7) is 10.4. The Labute approximate surface area is 197 Å². The molecule has 0 aliphatic rings. The lowest BCUT2D eigenvalue weighted by Crippen LogP contribution is -2.33. The molecular formula is C27H35ClFN3. The van der Waals surface area contributed by atoms with Crippen LogP contribution >= 0.6 is 11.6 Å². The minimum Gasteiger partial charge on any atom is -0.327 e. The zero-order valence-electron chi connectivity index (χ0n) is 19.7. The van der Waals surface area contributed by atoms with Crippen molar-refractivity contribution in [2.75, 3.05) is 0 Å². The van der Waals surface area contributed by atoms with E-state index in [-0.39, 0.29) is 5.82 Å². The highest BCUT2D eigenvalue weighted by atomic mass is 35.5. The molecule has 0 bridgehead atoms. The van der Waals surface area contributed by atoms with Crippen molar-refractivity contribution in [3.63, 3.8) is 0 Å². The van der Waals surface area contributed by atoms with Crippen molar-refractivity contribution in [1.82, 2.24) is 14.9 Å². The van der Waals surface area contributed by atoms with Gasteiger partial charge in [0.05, 0.1) is 11.9 Å². The van der Waals surface area contributed by atoms with Crippen LogP contribution in [0.4, 0.5) is 4.39 Å². The molecule has 1 N–H and O–H groups in total. The molecule has 0 spiro atoms. The van der Waals surface area contributed by atoms with Gasteiger partial charge in [-0.05, 0) is 73.6 Å². The van der Waals surface area contributed by atoms with Gasteiger partial charge in [-0.15, -0.1) is 0 Å². The summed E-state index contributed by atoms with van der Waals surface area (Å²) in [5, 5.41) is 4.60. The lowest BCUT2D eigenvalue weighted by molar-refractivity contribution is 0.408. The Kier molecular flexibility index (Phi) is 8.89. The van der Waals surface area contributed by atoms with Gasteiger partial charge in [-0.2, -0.15) is 0 Å². The second-order valence-corrected chi connectivity index (χ2v) is 9.49. The maximum atomic E-state index is 13.4. The number of rotatable bonds is 11. The number of aryl methyl sites for hydroxylation is 1. The number of benzene rings is 2. The van der Waals surface area contributed by atoms with Crippen molar-refractivity contribution in [3.8, 4) is 11.4 Å². The van der Waals surface area contributed by atoms with Crippen LogP contribution in [0.1, 0.15) is 56.9 Å². The van der Waals surface area contributed by atoms with Crippen LogP contribution in [0.25, 0.3) is 11.4 Å². The topological polar surface area (TPSA) is 29.9 Å². The van der Waals surface area contributed by atoms with Crippen molar-refractivity contribution in [2.24, 2.45) is 5.92 Å². The predicted octanol–water partition coefficient (Wildman–Crippen LogP) is 7.20. The number of nitrogens with one attached hydrogen (secondary N) is 1. The zero-order chi connectivity index (χ0) is 23.1. The molecule has 3 nitrogen and oxygen atoms in total. The van der Waals surface area contributed by atoms with E-state index < -0.39 is 0 Å². The maximum absolute atomic E-state index is 13.4. The van der Waals surface area contributed by atoms with Gasteiger partial charge in [0.2, 0.25) is 0 Å². The monoisotopic (exact) mass is 455 g/mol. The first-order valence-corrected chi connectivity index (χ1v) is 12.0. The van der Waals surface area contributed by atoms with Crippen LogP contribution in [0, 0.1) is 18.7 Å². The molecule has 3 rings (SSSR count). The third-order valence-corrected chi connectivity index (χ3v) is 6.23. The van der Waals surface area contributed by atoms with Gasteiger partial charge in [0.1, 0.15) is 11.6 Å². The summed E-state index contributed by atoms with van der Waals surface area (Å²) >= 11 is 6.36. The second kappa shape index (κ2) is 11.6. The first-order valence-electron chi connectivity index (χ1n) is 11.7. The summed E-state index contributed by atoms with van der Waals surface area (Å²) in [5.41, 5.74) is 4.47. The van der Waals surface area contributed by atoms with E-state index in [1.807, 2.05) is 13.1 Å². The Morgan fingerprint density at radius 2 is 1.88 bits per heavy atom. The third kappa shape index (κ3) is 6.66. The first-order chi connectivity index (χ1) is 15.4. The van der Waals surface area contributed by atoms with E-state index in [1.54, 1.807) is 12.1 Å². The number of hydrogen-bond donors (Lipinski definition) is 1. The van der Waals surface area contributed by atoms with Gasteiger partial charge in [-0.3, -0.25) is 0 Å². The van der Waals surface area contributed by atoms with Crippen molar-refractivity contribution >= 4 is 11.6 Å². The smallest absolute Gasteiger partial charge is 0.140 e. The zero-order valence-corrected chi connectivity index (χ0v) is 20.4. The van der Waals surface area contributed by atoms with Crippen molar-refractivity contribution in [3.05, 3.63) is 76.3 Å². The number of nitrogens with zero attached hydrogens (tertiary/aromatic N) is 2. The van der Waals surface area contributed by atoms with Gasteiger partial charge in [0.25, 0.3) is 0 Å². The van der Waals surface area contributed by atoms with Crippen molar-refractivity contribution < 1.29 is 4.39 Å². The lowest BCUT2D eigenvalue weighted by Gasteiger charge is -2.22. The molecule has 1 unspecified atom stereocenters. The average Bonchev–Trinajstić information content (AvgIpc) is 3.16. The summed E-state index contributed by atoms with van der Waals surface area (Å²) in [5.74, 6) is 1.27. The van der Waals surface area contributed by atoms with Crippen molar-refractivity contribution in [2.45, 2.75) is 72.5 Å². The number of unbranched alkanes of at least 4 members (excludes halogenated alkanes) is 1. The molecule has 0 radical (unpaired) electrons. The van der Waals surface area contributed by atoms with Gasteiger partial charge >= 0.3 is 0 Å². The van der Waals surface area contributed by atoms with Crippen LogP contribution in [0.3, 0.4) is 0 Å². The van der Waals surface area contributed by atoms with E-state index >= 15 is 0 Å². The first kappa shape index (κ1) is 24.5. The average molecular weight is 456 g/mol. The molecule has 3 aromatic rings. The summed E-state index contributed by atoms with van der Waals surface area (Å²) in [7, 11) is 0. The predicted molar refractivity (Wildman–Crippen MR) is 133 cm³/mol. The van der Waals surface area contributed by atoms with E-state index in [2.05, 4.69) is 48.9 Å². The molecule has 32 heavy (non-hydrogen) atoms. The summed E-state index contributed by atoms with van der Waals surface area (Å²) < 4.78 is 15.7. The molecule has 0 saturated carbocycles. The SMILES string of the molecule is CCCCn1c(CNC(Cc2ccc(C)c(Cl)c2)CC(C)C)cnc1-c1ccc(F)cc1. The standard InChI is InChI=1S/C27H35ClFN3/c1-5-6-13-32-25(18-31-27(32)22-9-11-23(29)12-10-22)17-30-24(14-19(2)3)15-21-8-7-20(4)26(28)16-21/h7-12,16,18-19,24,30H,5-6,13-15,17H2,1-4H3. The Bertz CT molecular complexity index is 995. The molecule has 0 aliphatic carbocycles. The van der Waals surface area contributed by atoms with Crippen LogP contribution in [-0.2, 0) is 19.5 Å². The Morgan fingerprint density at radius 1 is 1.12 bits per heavy atom. The maximum Gasteiger partial charge on any atom is 0.140 e. The molecular weight excluding hydrogens is 421 g/mol. The molecule has 0 fully saturated rings. The Morgan fingerprint density at radius 3 is 2.53 bits per heavy atom. The van der Waals surface area contributed by atoms with E-state index in [9.17, 15) is 4.39 Å². The number of halogens is 2. The highest BCUT2D eigenvalue weighted by Crippen LogP contribution is 2.23. The van der Waals surface area contributed by atoms with Crippen LogP contribution in [0.5, 0.6) is 0 Å². The van der Waals surface area contributed by atoms with E-state index in [0.717, 1.165) is 66.4 Å². The van der Waals surface area contributed by atoms with Gasteiger partial charge in [0.15, 0.2) is 0 Å². The highest BCUT2D eigenvalue weighted by Gasteiger charge is 2.16. The molecule has 1 aromatic heterocycles. The minimum absolute atomic E-state index is 0.227. The van der Waals surface area contributed by atoms with Crippen LogP contribution in [0.2, 0.25) is 5.02 Å². The fourth-order valence-corrected chi connectivity index (χ4v) is 4.25. The summed E-state index contributed by atoms with van der Waals surface area (Å²) in [6.07, 6.45) is 6.16. The van der Waals surface area contributed by atoms with E-state index in [4.69, 9.17) is 16.6 Å². The number of hydrogen-bond acceptors (Lipinski definition) is 2. The van der Waals surface area contributed by atoms with Gasteiger partial charge in [-0.1, -0.05) is 50.9 Å². The number of aromatic nitrogens is 2. The Balaban J connectivity index is 1.78. The molecule has 5 heteroatoms. The largest absolute Gasteiger partial charge is 0.327 e. The fraction of sp³-hybridized carbons (Fsp3) is 0.444. The van der Waals surface area contributed by atoms with Crippen LogP contribution in [-0.4, -0.2) is 15.6 Å². The lowest BCUT2D eigenvalue weighted by atomic mass is 9.96. The quantitative estimate of drug-likeness (QED) is 0.331. The second-order valence-electron chi connectivity index (χ2n) is 9.08. The van der Waals surface area contributed by atoms with Gasteiger partial charge in [-0.25, -0.2) is 9.37 Å². The summed E-state index contributed by atoms with van der Waals surface area (Å²) in [4.78, 5) is 4.70. The molecule has 172 valence electrons. The van der Waals surface area contributed by atoms with Gasteiger partial charge in [0, 0.05) is 29.7 Å². The third-order valence-electron chi connectivity index (χ3n) is 5.82. The molecule has 0 saturated heterocycles. The van der Waals surface area contributed by atoms with Crippen LogP contribution in [0.15, 0.2) is 48.7 Å². The molecule has 0 aliphatic heterocycles. The normalized spacial score (nSPS) is 12.5. The van der Waals surface area contributed by atoms with E-state index in [0.29, 0.717) is 12.0 Å². The summed E-state index contributed by atoms with van der Waals surface area (Å²) in [6, 6.07) is 13.3. The highest BCUT2D eigenvalue weighted by molar-refractivity contribution is 6.31. The van der Waals surface area contributed by atoms with E-state index in [1.165, 1.54) is 17.7 Å². The van der Waals surface area contributed by atoms with Gasteiger partial charge < -0.3 is 9.88 Å². The minimum atomic E-state index is -0.227. The molecule has 1 heterocycles. The van der Waals surface area contributed by atoms with Crippen LogP contribution < -0.4 is 5.32 Å². The fourth-order valence-electron chi connectivity index (χ4n) is 4.05. The molecule has 2 aromatic carbocycles. The Hall–Kier alpha value is -2.17. The molecule has 0 amide bonds. The molecule has 1 atom stereocenters. The number of imidazole rings is 1.